The van der Waals surface area contributed by atoms with Gasteiger partial charge < -0.3 is 4.74 Å². The number of fused-ring (bicyclic) bond motifs is 1. The first-order valence-electron chi connectivity index (χ1n) is 11.1. The summed E-state index contributed by atoms with van der Waals surface area (Å²) in [7, 11) is 0. The van der Waals surface area contributed by atoms with Crippen LogP contribution in [0.1, 0.15) is 41.9 Å². The molecule has 4 rings (SSSR count). The van der Waals surface area contributed by atoms with Gasteiger partial charge in [-0.2, -0.15) is 0 Å². The zero-order valence-corrected chi connectivity index (χ0v) is 21.3. The average molecular weight is 538 g/mol. The van der Waals surface area contributed by atoms with Crippen molar-refractivity contribution in [2.45, 2.75) is 33.1 Å². The Kier molecular flexibility index (Phi) is 7.70. The number of hydrogen-bond acceptors (Lipinski definition) is 6. The highest BCUT2D eigenvalue weighted by Crippen LogP contribution is 2.28. The highest BCUT2D eigenvalue weighted by atomic mass is 79.9. The van der Waals surface area contributed by atoms with Crippen LogP contribution in [0.4, 0.5) is 5.13 Å². The van der Waals surface area contributed by atoms with E-state index in [0.717, 1.165) is 50.7 Å². The van der Waals surface area contributed by atoms with Crippen LogP contribution in [0, 0.1) is 0 Å². The summed E-state index contributed by atoms with van der Waals surface area (Å²) >= 11 is 4.77. The summed E-state index contributed by atoms with van der Waals surface area (Å²) < 4.78 is 6.40. The number of pyridine rings is 1. The quantitative estimate of drug-likeness (QED) is 0.262. The summed E-state index contributed by atoms with van der Waals surface area (Å²) in [5.41, 5.74) is 4.74. The molecule has 2 aromatic heterocycles. The van der Waals surface area contributed by atoms with Crippen molar-refractivity contribution < 1.29 is 14.3 Å². The summed E-state index contributed by atoms with van der Waals surface area (Å²) in [6.45, 7) is 3.69. The zero-order valence-electron chi connectivity index (χ0n) is 18.9. The van der Waals surface area contributed by atoms with Crippen LogP contribution in [0.2, 0.25) is 0 Å². The van der Waals surface area contributed by atoms with Gasteiger partial charge in [0.15, 0.2) is 11.7 Å². The number of para-hydroxylation sites is 1. The number of ether oxygens (including phenoxy) is 1. The van der Waals surface area contributed by atoms with Crippen molar-refractivity contribution in [1.82, 2.24) is 9.97 Å². The second-order valence-electron chi connectivity index (χ2n) is 7.71. The number of carbonyl (C=O) groups is 2. The summed E-state index contributed by atoms with van der Waals surface area (Å²) in [4.78, 5) is 34.8. The minimum absolute atomic E-state index is 0.395. The number of aryl methyl sites for hydroxylation is 1. The number of halogens is 1. The van der Waals surface area contributed by atoms with E-state index in [-0.39, 0.29) is 0 Å². The van der Waals surface area contributed by atoms with E-state index < -0.39 is 18.5 Å². The van der Waals surface area contributed by atoms with Crippen molar-refractivity contribution in [3.63, 3.8) is 0 Å². The fraction of sp³-hybridized carbons (Fsp3) is 0.231. The van der Waals surface area contributed by atoms with Crippen molar-refractivity contribution in [1.29, 1.82) is 0 Å². The summed E-state index contributed by atoms with van der Waals surface area (Å²) in [6, 6.07) is 15.3. The molecule has 6 nitrogen and oxygen atoms in total. The summed E-state index contributed by atoms with van der Waals surface area (Å²) in [5, 5.41) is 5.78. The van der Waals surface area contributed by atoms with Gasteiger partial charge in [0, 0.05) is 26.5 Å². The number of benzene rings is 2. The third-order valence-corrected chi connectivity index (χ3v) is 6.58. The molecule has 0 radical (unpaired) electrons. The lowest BCUT2D eigenvalue weighted by Gasteiger charge is -2.15. The Labute approximate surface area is 210 Å². The Bertz CT molecular complexity index is 1350. The molecule has 0 atom stereocenters. The number of hydrogen-bond donors (Lipinski definition) is 1. The molecule has 34 heavy (non-hydrogen) atoms. The maximum absolute atomic E-state index is 13.1. The van der Waals surface area contributed by atoms with Crippen LogP contribution in [-0.4, -0.2) is 28.5 Å². The van der Waals surface area contributed by atoms with Gasteiger partial charge in [-0.25, -0.2) is 9.78 Å². The molecule has 1 N–H and O–H groups in total. The first-order valence-corrected chi connectivity index (χ1v) is 12.8. The molecule has 0 unspecified atom stereocenters. The Morgan fingerprint density at radius 2 is 1.91 bits per heavy atom. The predicted octanol–water partition coefficient (Wildman–Crippen LogP) is 6.43. The molecule has 0 saturated carbocycles. The number of amides is 1. The van der Waals surface area contributed by atoms with Crippen LogP contribution in [0.15, 0.2) is 58.4 Å². The lowest BCUT2D eigenvalue weighted by molar-refractivity contribution is -0.119. The Balaban J connectivity index is 1.48. The van der Waals surface area contributed by atoms with E-state index in [4.69, 9.17) is 9.72 Å². The number of nitrogens with one attached hydrogen (secondary N) is 1. The maximum atomic E-state index is 13.1. The number of thiazole rings is 1. The van der Waals surface area contributed by atoms with E-state index in [9.17, 15) is 9.59 Å². The fourth-order valence-corrected chi connectivity index (χ4v) is 4.97. The molecular weight excluding hydrogens is 514 g/mol. The van der Waals surface area contributed by atoms with Gasteiger partial charge in [-0.3, -0.25) is 15.1 Å². The van der Waals surface area contributed by atoms with Gasteiger partial charge >= 0.3 is 5.97 Å². The number of aromatic nitrogens is 2. The SMILES string of the molecule is CCCc1nc2ccccc2c(C(=O)OCC(=O)Nc2nc(-c3cccc(Br)c3)cs2)c1CC. The lowest BCUT2D eigenvalue weighted by atomic mass is 9.96. The van der Waals surface area contributed by atoms with Gasteiger partial charge in [-0.05, 0) is 36.6 Å². The number of esters is 1. The molecule has 8 heteroatoms. The van der Waals surface area contributed by atoms with Crippen LogP contribution < -0.4 is 5.32 Å². The highest BCUT2D eigenvalue weighted by molar-refractivity contribution is 9.10. The largest absolute Gasteiger partial charge is 0.452 e. The molecule has 174 valence electrons. The minimum atomic E-state index is -0.517. The van der Waals surface area contributed by atoms with Crippen molar-refractivity contribution in [2.75, 3.05) is 11.9 Å². The molecule has 2 aromatic carbocycles. The third kappa shape index (κ3) is 5.34. The van der Waals surface area contributed by atoms with Crippen LogP contribution >= 0.6 is 27.3 Å². The van der Waals surface area contributed by atoms with E-state index in [1.54, 1.807) is 0 Å². The highest BCUT2D eigenvalue weighted by Gasteiger charge is 2.21. The maximum Gasteiger partial charge on any atom is 0.339 e. The molecule has 0 aliphatic carbocycles. The van der Waals surface area contributed by atoms with E-state index >= 15 is 0 Å². The third-order valence-electron chi connectivity index (χ3n) is 5.33. The second-order valence-corrected chi connectivity index (χ2v) is 9.48. The molecular formula is C26H24BrN3O3S. The zero-order chi connectivity index (χ0) is 24.1. The van der Waals surface area contributed by atoms with E-state index in [2.05, 4.69) is 33.2 Å². The molecule has 0 aliphatic rings. The van der Waals surface area contributed by atoms with Crippen molar-refractivity contribution in [2.24, 2.45) is 0 Å². The topological polar surface area (TPSA) is 81.2 Å². The number of rotatable bonds is 8. The van der Waals surface area contributed by atoms with Crippen LogP contribution in [0.25, 0.3) is 22.2 Å². The Morgan fingerprint density at radius 1 is 1.09 bits per heavy atom. The Hall–Kier alpha value is -3.10. The summed E-state index contributed by atoms with van der Waals surface area (Å²) in [6.07, 6.45) is 2.35. The standard InChI is InChI=1S/C26H24BrN3O3S/c1-3-8-20-18(4-2)24(19-11-5-6-12-21(19)28-20)25(32)33-14-23(31)30-26-29-22(15-34-26)16-9-7-10-17(27)13-16/h5-7,9-13,15H,3-4,8,14H2,1-2H3,(H,29,30,31). The normalized spacial score (nSPS) is 10.9. The van der Waals surface area contributed by atoms with E-state index in [0.29, 0.717) is 17.1 Å². The van der Waals surface area contributed by atoms with Gasteiger partial charge in [0.05, 0.1) is 16.8 Å². The second kappa shape index (κ2) is 10.9. The predicted molar refractivity (Wildman–Crippen MR) is 139 cm³/mol. The molecule has 0 saturated heterocycles. The molecule has 2 heterocycles. The molecule has 0 fully saturated rings. The average Bonchev–Trinajstić information content (AvgIpc) is 3.30. The van der Waals surface area contributed by atoms with Crippen LogP contribution in [-0.2, 0) is 22.4 Å². The van der Waals surface area contributed by atoms with Crippen LogP contribution in [0.5, 0.6) is 0 Å². The van der Waals surface area contributed by atoms with Crippen LogP contribution in [0.3, 0.4) is 0 Å². The summed E-state index contributed by atoms with van der Waals surface area (Å²) in [5.74, 6) is -0.953. The minimum Gasteiger partial charge on any atom is -0.452 e. The monoisotopic (exact) mass is 537 g/mol. The van der Waals surface area contributed by atoms with E-state index in [1.807, 2.05) is 60.8 Å². The van der Waals surface area contributed by atoms with Gasteiger partial charge in [0.1, 0.15) is 0 Å². The van der Waals surface area contributed by atoms with E-state index in [1.165, 1.54) is 11.3 Å². The fourth-order valence-electron chi connectivity index (χ4n) is 3.83. The van der Waals surface area contributed by atoms with Crippen molar-refractivity contribution in [3.8, 4) is 11.3 Å². The smallest absolute Gasteiger partial charge is 0.339 e. The van der Waals surface area contributed by atoms with Gasteiger partial charge in [0.25, 0.3) is 5.91 Å². The number of anilines is 1. The Morgan fingerprint density at radius 3 is 2.68 bits per heavy atom. The van der Waals surface area contributed by atoms with Gasteiger partial charge in [-0.1, -0.05) is 66.5 Å². The molecule has 1 amide bonds. The molecule has 4 aromatic rings. The first-order chi connectivity index (χ1) is 16.5. The molecule has 0 bridgehead atoms. The molecule has 0 aliphatic heterocycles. The first kappa shape index (κ1) is 24.0. The van der Waals surface area contributed by atoms with Crippen molar-refractivity contribution >= 4 is 55.2 Å². The van der Waals surface area contributed by atoms with Gasteiger partial charge in [0.2, 0.25) is 0 Å². The lowest BCUT2D eigenvalue weighted by Crippen LogP contribution is -2.22. The van der Waals surface area contributed by atoms with Gasteiger partial charge in [-0.15, -0.1) is 11.3 Å². The number of carbonyl (C=O) groups excluding carboxylic acids is 2. The number of nitrogens with zero attached hydrogens (tertiary/aromatic N) is 2. The molecule has 0 spiro atoms. The van der Waals surface area contributed by atoms with Crippen molar-refractivity contribution in [3.05, 3.63) is 75.2 Å².